The Morgan fingerprint density at radius 1 is 0.828 bits per heavy atom. The second kappa shape index (κ2) is 7.20. The van der Waals surface area contributed by atoms with E-state index in [-0.39, 0.29) is 5.41 Å². The van der Waals surface area contributed by atoms with Gasteiger partial charge in [-0.2, -0.15) is 0 Å². The number of para-hydroxylation sites is 1. The molecule has 0 saturated carbocycles. The van der Waals surface area contributed by atoms with E-state index in [0.29, 0.717) is 17.1 Å². The van der Waals surface area contributed by atoms with Crippen LogP contribution in [0.2, 0.25) is 0 Å². The normalized spacial score (nSPS) is 14.9. The third-order valence-corrected chi connectivity index (χ3v) is 7.52. The van der Waals surface area contributed by atoms with Crippen molar-refractivity contribution >= 4 is 21.8 Å². The molecule has 4 rings (SSSR count). The Morgan fingerprint density at radius 3 is 2.10 bits per heavy atom. The summed E-state index contributed by atoms with van der Waals surface area (Å²) in [6.45, 7) is 6.58. The van der Waals surface area contributed by atoms with E-state index in [9.17, 15) is 8.42 Å². The predicted octanol–water partition coefficient (Wildman–Crippen LogP) is 5.57. The molecule has 0 radical (unpaired) electrons. The number of sulfonamides is 1. The molecule has 3 aromatic carbocycles. The van der Waals surface area contributed by atoms with Crippen molar-refractivity contribution in [2.45, 2.75) is 31.1 Å². The summed E-state index contributed by atoms with van der Waals surface area (Å²) in [6.07, 6.45) is 2.13. The van der Waals surface area contributed by atoms with Crippen LogP contribution in [0.25, 0.3) is 6.08 Å². The lowest BCUT2D eigenvalue weighted by Crippen LogP contribution is -2.36. The summed E-state index contributed by atoms with van der Waals surface area (Å²) < 4.78 is 28.8. The molecule has 0 aromatic heterocycles. The van der Waals surface area contributed by atoms with E-state index < -0.39 is 10.0 Å². The third kappa shape index (κ3) is 3.49. The Morgan fingerprint density at radius 2 is 1.45 bits per heavy atom. The van der Waals surface area contributed by atoms with Gasteiger partial charge in [-0.05, 0) is 47.9 Å². The molecule has 3 aromatic rings. The molecule has 0 unspecified atom stereocenters. The fourth-order valence-electron chi connectivity index (χ4n) is 3.88. The van der Waals surface area contributed by atoms with E-state index in [0.717, 1.165) is 16.7 Å². The highest BCUT2D eigenvalue weighted by atomic mass is 32.2. The fraction of sp³-hybridized carbons (Fsp3) is 0.200. The number of nitrogens with zero attached hydrogens (tertiary/aromatic N) is 1. The monoisotopic (exact) mass is 403 g/mol. The molecule has 148 valence electrons. The zero-order chi connectivity index (χ0) is 20.6. The molecule has 0 amide bonds. The fourth-order valence-corrected chi connectivity index (χ4v) is 5.32. The summed E-state index contributed by atoms with van der Waals surface area (Å²) in [5, 5.41) is 0. The van der Waals surface area contributed by atoms with Crippen molar-refractivity contribution in [1.29, 1.82) is 0 Å². The first-order chi connectivity index (χ1) is 13.8. The van der Waals surface area contributed by atoms with Crippen LogP contribution in [-0.4, -0.2) is 15.0 Å². The van der Waals surface area contributed by atoms with Crippen molar-refractivity contribution in [3.05, 3.63) is 101 Å². The van der Waals surface area contributed by atoms with Crippen molar-refractivity contribution in [3.8, 4) is 0 Å². The number of aryl methyl sites for hydroxylation is 1. The van der Waals surface area contributed by atoms with Crippen LogP contribution >= 0.6 is 0 Å². The van der Waals surface area contributed by atoms with E-state index in [1.165, 1.54) is 9.87 Å². The number of anilines is 1. The van der Waals surface area contributed by atoms with E-state index in [1.807, 2.05) is 61.5 Å². The predicted molar refractivity (Wildman–Crippen MR) is 120 cm³/mol. The lowest BCUT2D eigenvalue weighted by molar-refractivity contribution is 0.586. The molecule has 0 N–H and O–H groups in total. The lowest BCUT2D eigenvalue weighted by atomic mass is 9.81. The molecule has 1 aliphatic rings. The molecule has 0 atom stereocenters. The zero-order valence-corrected chi connectivity index (χ0v) is 17.8. The van der Waals surface area contributed by atoms with Crippen molar-refractivity contribution < 1.29 is 8.42 Å². The van der Waals surface area contributed by atoms with Gasteiger partial charge in [0.15, 0.2) is 0 Å². The molecular weight excluding hydrogens is 378 g/mol. The first-order valence-corrected chi connectivity index (χ1v) is 11.2. The van der Waals surface area contributed by atoms with Crippen LogP contribution in [0.1, 0.15) is 30.5 Å². The molecule has 0 fully saturated rings. The molecule has 0 aliphatic heterocycles. The van der Waals surface area contributed by atoms with Crippen LogP contribution in [0.4, 0.5) is 5.69 Å². The van der Waals surface area contributed by atoms with Gasteiger partial charge in [0, 0.05) is 5.41 Å². The van der Waals surface area contributed by atoms with Gasteiger partial charge in [-0.15, -0.1) is 0 Å². The van der Waals surface area contributed by atoms with Gasteiger partial charge in [0.05, 0.1) is 17.1 Å². The number of hydrogen-bond donors (Lipinski definition) is 0. The molecule has 0 bridgehead atoms. The standard InChI is InChI=1S/C25H25NO2S/c1-19-13-15-23(16-14-19)29(27,28)26(22-10-5-4-6-11-22)18-21-17-20-9-7-8-12-24(20)25(21,2)3/h4-17H,18H2,1-3H3. The Balaban J connectivity index is 1.78. The maximum atomic E-state index is 13.6. The summed E-state index contributed by atoms with van der Waals surface area (Å²) in [5.74, 6) is 0. The van der Waals surface area contributed by atoms with E-state index in [1.54, 1.807) is 12.1 Å². The molecule has 0 saturated heterocycles. The summed E-state index contributed by atoms with van der Waals surface area (Å²) in [6, 6.07) is 24.7. The smallest absolute Gasteiger partial charge is 0.262 e. The molecule has 3 nitrogen and oxygen atoms in total. The molecule has 4 heteroatoms. The highest BCUT2D eigenvalue weighted by Crippen LogP contribution is 2.42. The lowest BCUT2D eigenvalue weighted by Gasteiger charge is -2.31. The number of hydrogen-bond acceptors (Lipinski definition) is 2. The molecule has 1 aliphatic carbocycles. The first-order valence-electron chi connectivity index (χ1n) is 9.75. The molecule has 29 heavy (non-hydrogen) atoms. The van der Waals surface area contributed by atoms with Gasteiger partial charge >= 0.3 is 0 Å². The van der Waals surface area contributed by atoms with Crippen LogP contribution in [0.5, 0.6) is 0 Å². The topological polar surface area (TPSA) is 37.4 Å². The highest BCUT2D eigenvalue weighted by molar-refractivity contribution is 7.92. The highest BCUT2D eigenvalue weighted by Gasteiger charge is 2.36. The maximum absolute atomic E-state index is 13.6. The first kappa shape index (κ1) is 19.5. The summed E-state index contributed by atoms with van der Waals surface area (Å²) in [7, 11) is -3.70. The van der Waals surface area contributed by atoms with Gasteiger partial charge < -0.3 is 0 Å². The Bertz CT molecular complexity index is 1160. The molecule has 0 spiro atoms. The average Bonchev–Trinajstić information content (AvgIpc) is 2.97. The second-order valence-electron chi connectivity index (χ2n) is 8.04. The SMILES string of the molecule is Cc1ccc(S(=O)(=O)N(CC2=Cc3ccccc3C2(C)C)c2ccccc2)cc1. The average molecular weight is 404 g/mol. The quantitative estimate of drug-likeness (QED) is 0.559. The number of rotatable bonds is 5. The minimum absolute atomic E-state index is 0.230. The summed E-state index contributed by atoms with van der Waals surface area (Å²) >= 11 is 0. The van der Waals surface area contributed by atoms with Crippen molar-refractivity contribution in [2.24, 2.45) is 0 Å². The van der Waals surface area contributed by atoms with Crippen LogP contribution in [-0.2, 0) is 15.4 Å². The van der Waals surface area contributed by atoms with Crippen molar-refractivity contribution in [3.63, 3.8) is 0 Å². The summed E-state index contributed by atoms with van der Waals surface area (Å²) in [5.41, 5.74) is 4.94. The Kier molecular flexibility index (Phi) is 4.83. The van der Waals surface area contributed by atoms with Gasteiger partial charge in [0.25, 0.3) is 10.0 Å². The zero-order valence-electron chi connectivity index (χ0n) is 17.0. The molecule has 0 heterocycles. The summed E-state index contributed by atoms with van der Waals surface area (Å²) in [4.78, 5) is 0.306. The van der Waals surface area contributed by atoms with Gasteiger partial charge in [-0.25, -0.2) is 8.42 Å². The van der Waals surface area contributed by atoms with Crippen LogP contribution in [0.15, 0.2) is 89.3 Å². The molecular formula is C25H25NO2S. The number of benzene rings is 3. The van der Waals surface area contributed by atoms with Gasteiger partial charge in [0.1, 0.15) is 0 Å². The van der Waals surface area contributed by atoms with Crippen LogP contribution in [0, 0.1) is 6.92 Å². The van der Waals surface area contributed by atoms with E-state index in [4.69, 9.17) is 0 Å². The second-order valence-corrected chi connectivity index (χ2v) is 9.90. The number of fused-ring (bicyclic) bond motifs is 1. The largest absolute Gasteiger partial charge is 0.264 e. The minimum Gasteiger partial charge on any atom is -0.262 e. The maximum Gasteiger partial charge on any atom is 0.264 e. The van der Waals surface area contributed by atoms with Gasteiger partial charge in [0.2, 0.25) is 0 Å². The Labute approximate surface area is 173 Å². The van der Waals surface area contributed by atoms with Crippen molar-refractivity contribution in [2.75, 3.05) is 10.8 Å². The van der Waals surface area contributed by atoms with E-state index >= 15 is 0 Å². The minimum atomic E-state index is -3.70. The third-order valence-electron chi connectivity index (χ3n) is 5.73. The van der Waals surface area contributed by atoms with Gasteiger partial charge in [-0.3, -0.25) is 4.31 Å². The van der Waals surface area contributed by atoms with Crippen LogP contribution in [0.3, 0.4) is 0 Å². The van der Waals surface area contributed by atoms with E-state index in [2.05, 4.69) is 32.1 Å². The van der Waals surface area contributed by atoms with Crippen LogP contribution < -0.4 is 4.31 Å². The Hall–Kier alpha value is -2.85. The van der Waals surface area contributed by atoms with Gasteiger partial charge in [-0.1, -0.05) is 80.1 Å². The van der Waals surface area contributed by atoms with Crippen molar-refractivity contribution in [1.82, 2.24) is 0 Å².